The van der Waals surface area contributed by atoms with Crippen LogP contribution in [-0.4, -0.2) is 37.1 Å². The van der Waals surface area contributed by atoms with Crippen molar-refractivity contribution < 1.29 is 4.74 Å². The molecular formula is C19H28N4O3S. The predicted octanol–water partition coefficient (Wildman–Crippen LogP) is 2.68. The van der Waals surface area contributed by atoms with Crippen molar-refractivity contribution >= 4 is 22.8 Å². The van der Waals surface area contributed by atoms with Gasteiger partial charge >= 0.3 is 5.69 Å². The Morgan fingerprint density at radius 2 is 1.93 bits per heavy atom. The zero-order valence-electron chi connectivity index (χ0n) is 16.7. The van der Waals surface area contributed by atoms with E-state index in [-0.39, 0.29) is 17.2 Å². The Labute approximate surface area is 163 Å². The lowest BCUT2D eigenvalue weighted by atomic mass is 9.95. The maximum Gasteiger partial charge on any atom is 0.332 e. The van der Waals surface area contributed by atoms with Crippen LogP contribution in [0.4, 0.5) is 0 Å². The van der Waals surface area contributed by atoms with Gasteiger partial charge in [0.2, 0.25) is 0 Å². The van der Waals surface area contributed by atoms with Gasteiger partial charge in [-0.15, -0.1) is 11.8 Å². The zero-order chi connectivity index (χ0) is 19.7. The minimum absolute atomic E-state index is 0.112. The van der Waals surface area contributed by atoms with Crippen LogP contribution < -0.4 is 11.2 Å². The molecule has 0 bridgehead atoms. The molecule has 0 aromatic carbocycles. The van der Waals surface area contributed by atoms with Crippen LogP contribution in [0.25, 0.3) is 11.0 Å². The van der Waals surface area contributed by atoms with Gasteiger partial charge in [0.25, 0.3) is 5.56 Å². The fraction of sp³-hybridized carbons (Fsp3) is 0.684. The van der Waals surface area contributed by atoms with E-state index in [2.05, 4.69) is 4.98 Å². The standard InChI is InChI=1S/C19H28N4O3S/c1-6-8-23-16-14(18(24)22(5)19(23)25)17(21-15(20-16)11(3)4)27-13-9-12(10-13)26-7-2/h11-13H,6-10H2,1-5H3. The Balaban J connectivity index is 2.14. The second-order valence-electron chi connectivity index (χ2n) is 7.33. The molecule has 0 amide bonds. The third-order valence-electron chi connectivity index (χ3n) is 4.86. The van der Waals surface area contributed by atoms with Crippen LogP contribution in [0.3, 0.4) is 0 Å². The van der Waals surface area contributed by atoms with E-state index in [9.17, 15) is 9.59 Å². The van der Waals surface area contributed by atoms with Crippen molar-refractivity contribution in [2.45, 2.75) is 75.8 Å². The summed E-state index contributed by atoms with van der Waals surface area (Å²) in [5.41, 5.74) is -0.175. The summed E-state index contributed by atoms with van der Waals surface area (Å²) in [6, 6.07) is 0. The molecule has 3 rings (SSSR count). The molecule has 148 valence electrons. The van der Waals surface area contributed by atoms with Crippen molar-refractivity contribution in [3.63, 3.8) is 0 Å². The van der Waals surface area contributed by atoms with E-state index in [1.54, 1.807) is 16.3 Å². The van der Waals surface area contributed by atoms with Gasteiger partial charge in [-0.3, -0.25) is 13.9 Å². The van der Waals surface area contributed by atoms with Gasteiger partial charge in [0.15, 0.2) is 5.65 Å². The molecule has 0 aliphatic heterocycles. The highest BCUT2D eigenvalue weighted by molar-refractivity contribution is 8.00. The van der Waals surface area contributed by atoms with E-state index in [1.165, 1.54) is 11.6 Å². The van der Waals surface area contributed by atoms with E-state index in [1.807, 2.05) is 27.7 Å². The van der Waals surface area contributed by atoms with Crippen LogP contribution in [0.5, 0.6) is 0 Å². The Hall–Kier alpha value is -1.67. The summed E-state index contributed by atoms with van der Waals surface area (Å²) in [6.07, 6.45) is 2.99. The molecule has 2 aromatic heterocycles. The number of aromatic nitrogens is 4. The second-order valence-corrected chi connectivity index (χ2v) is 8.62. The zero-order valence-corrected chi connectivity index (χ0v) is 17.5. The summed E-state index contributed by atoms with van der Waals surface area (Å²) in [6.45, 7) is 9.30. The fourth-order valence-corrected chi connectivity index (χ4v) is 4.65. The van der Waals surface area contributed by atoms with E-state index < -0.39 is 0 Å². The molecule has 0 radical (unpaired) electrons. The van der Waals surface area contributed by atoms with Crippen molar-refractivity contribution in [1.29, 1.82) is 0 Å². The minimum atomic E-state index is -0.321. The van der Waals surface area contributed by atoms with Crippen LogP contribution in [0.2, 0.25) is 0 Å². The summed E-state index contributed by atoms with van der Waals surface area (Å²) in [5, 5.41) is 1.52. The van der Waals surface area contributed by atoms with Gasteiger partial charge in [0, 0.05) is 31.4 Å². The summed E-state index contributed by atoms with van der Waals surface area (Å²) < 4.78 is 8.43. The Bertz CT molecular complexity index is 945. The van der Waals surface area contributed by atoms with Gasteiger partial charge in [-0.05, 0) is 26.2 Å². The van der Waals surface area contributed by atoms with Crippen LogP contribution >= 0.6 is 11.8 Å². The average Bonchev–Trinajstić information content (AvgIpc) is 2.61. The third kappa shape index (κ3) is 3.82. The first-order valence-electron chi connectivity index (χ1n) is 9.67. The maximum atomic E-state index is 12.9. The summed E-state index contributed by atoms with van der Waals surface area (Å²) >= 11 is 1.62. The number of aryl methyl sites for hydroxylation is 1. The molecular weight excluding hydrogens is 364 g/mol. The van der Waals surface area contributed by atoms with Gasteiger partial charge < -0.3 is 4.74 Å². The van der Waals surface area contributed by atoms with Crippen molar-refractivity contribution in [3.8, 4) is 0 Å². The van der Waals surface area contributed by atoms with Gasteiger partial charge in [-0.1, -0.05) is 20.8 Å². The predicted molar refractivity (Wildman–Crippen MR) is 108 cm³/mol. The van der Waals surface area contributed by atoms with Gasteiger partial charge in [-0.2, -0.15) is 0 Å². The third-order valence-corrected chi connectivity index (χ3v) is 6.10. The van der Waals surface area contributed by atoms with Gasteiger partial charge in [-0.25, -0.2) is 14.8 Å². The Morgan fingerprint density at radius 1 is 1.22 bits per heavy atom. The number of hydrogen-bond acceptors (Lipinski definition) is 6. The number of thioether (sulfide) groups is 1. The lowest BCUT2D eigenvalue weighted by molar-refractivity contribution is 0.0139. The molecule has 0 N–H and O–H groups in total. The number of rotatable bonds is 7. The highest BCUT2D eigenvalue weighted by atomic mass is 32.2. The molecule has 0 unspecified atom stereocenters. The molecule has 2 aromatic rings. The summed E-state index contributed by atoms with van der Waals surface area (Å²) in [7, 11) is 1.52. The van der Waals surface area contributed by atoms with Crippen molar-refractivity contribution in [1.82, 2.24) is 19.1 Å². The minimum Gasteiger partial charge on any atom is -0.378 e. The maximum absolute atomic E-state index is 12.9. The molecule has 7 nitrogen and oxygen atoms in total. The molecule has 0 atom stereocenters. The fourth-order valence-electron chi connectivity index (χ4n) is 3.27. The van der Waals surface area contributed by atoms with E-state index in [0.717, 1.165) is 25.9 Å². The first kappa shape index (κ1) is 20.1. The molecule has 1 aliphatic carbocycles. The van der Waals surface area contributed by atoms with Crippen LogP contribution in [-0.2, 0) is 18.3 Å². The largest absolute Gasteiger partial charge is 0.378 e. The topological polar surface area (TPSA) is 79.0 Å². The highest BCUT2D eigenvalue weighted by Crippen LogP contribution is 2.39. The van der Waals surface area contributed by atoms with Crippen LogP contribution in [0, 0.1) is 0 Å². The Morgan fingerprint density at radius 3 is 2.52 bits per heavy atom. The molecule has 8 heteroatoms. The SMILES string of the molecule is CCCn1c(=O)n(C)c(=O)c2c(SC3CC(OCC)C3)nc(C(C)C)nc21. The molecule has 27 heavy (non-hydrogen) atoms. The summed E-state index contributed by atoms with van der Waals surface area (Å²) in [5.74, 6) is 0.781. The Kier molecular flexibility index (Phi) is 6.05. The smallest absolute Gasteiger partial charge is 0.332 e. The first-order valence-corrected chi connectivity index (χ1v) is 10.5. The lowest BCUT2D eigenvalue weighted by Gasteiger charge is -2.34. The molecule has 0 saturated heterocycles. The first-order chi connectivity index (χ1) is 12.9. The molecule has 0 spiro atoms. The van der Waals surface area contributed by atoms with Gasteiger partial charge in [0.1, 0.15) is 16.2 Å². The second kappa shape index (κ2) is 8.14. The number of hydrogen-bond donors (Lipinski definition) is 0. The normalized spacial score (nSPS) is 19.6. The molecule has 1 fully saturated rings. The number of nitrogens with zero attached hydrogens (tertiary/aromatic N) is 4. The van der Waals surface area contributed by atoms with E-state index >= 15 is 0 Å². The monoisotopic (exact) mass is 392 g/mol. The average molecular weight is 393 g/mol. The number of fused-ring (bicyclic) bond motifs is 1. The van der Waals surface area contributed by atoms with Crippen LogP contribution in [0.1, 0.15) is 58.7 Å². The van der Waals surface area contributed by atoms with Gasteiger partial charge in [0.05, 0.1) is 6.10 Å². The quantitative estimate of drug-likeness (QED) is 0.674. The molecule has 1 saturated carbocycles. The van der Waals surface area contributed by atoms with E-state index in [0.29, 0.717) is 39.8 Å². The lowest BCUT2D eigenvalue weighted by Crippen LogP contribution is -2.39. The number of ether oxygens (including phenoxy) is 1. The molecule has 1 aliphatic rings. The van der Waals surface area contributed by atoms with Crippen molar-refractivity contribution in [3.05, 3.63) is 26.7 Å². The van der Waals surface area contributed by atoms with Crippen molar-refractivity contribution in [2.24, 2.45) is 7.05 Å². The van der Waals surface area contributed by atoms with Crippen molar-refractivity contribution in [2.75, 3.05) is 6.61 Å². The molecule has 2 heterocycles. The summed E-state index contributed by atoms with van der Waals surface area (Å²) in [4.78, 5) is 34.8. The van der Waals surface area contributed by atoms with E-state index in [4.69, 9.17) is 9.72 Å². The highest BCUT2D eigenvalue weighted by Gasteiger charge is 2.32. The van der Waals surface area contributed by atoms with Crippen LogP contribution in [0.15, 0.2) is 14.6 Å².